The molecule has 0 heterocycles. The SMILES string of the molecule is CCCNC(=O)C1(C(=O)Nc2cccc(C#N)c2)CC1. The number of hydrogen-bond donors (Lipinski definition) is 2. The van der Waals surface area contributed by atoms with E-state index in [-0.39, 0.29) is 11.8 Å². The fourth-order valence-corrected chi connectivity index (χ4v) is 2.01. The summed E-state index contributed by atoms with van der Waals surface area (Å²) in [6, 6.07) is 8.68. The summed E-state index contributed by atoms with van der Waals surface area (Å²) in [4.78, 5) is 24.3. The lowest BCUT2D eigenvalue weighted by Crippen LogP contribution is -2.40. The van der Waals surface area contributed by atoms with Crippen LogP contribution in [0.25, 0.3) is 0 Å². The molecule has 0 unspecified atom stereocenters. The molecule has 1 aromatic rings. The topological polar surface area (TPSA) is 82.0 Å². The van der Waals surface area contributed by atoms with Crippen molar-refractivity contribution in [2.45, 2.75) is 26.2 Å². The average Bonchev–Trinajstić information content (AvgIpc) is 3.26. The number of rotatable bonds is 5. The fourth-order valence-electron chi connectivity index (χ4n) is 2.01. The highest BCUT2D eigenvalue weighted by Gasteiger charge is 2.56. The molecule has 0 radical (unpaired) electrons. The summed E-state index contributed by atoms with van der Waals surface area (Å²) in [7, 11) is 0. The zero-order valence-electron chi connectivity index (χ0n) is 11.4. The molecule has 0 spiro atoms. The van der Waals surface area contributed by atoms with E-state index in [1.165, 1.54) is 0 Å². The van der Waals surface area contributed by atoms with Crippen molar-refractivity contribution >= 4 is 17.5 Å². The molecule has 0 aromatic heterocycles. The maximum atomic E-state index is 12.2. The highest BCUT2D eigenvalue weighted by molar-refractivity contribution is 6.13. The van der Waals surface area contributed by atoms with E-state index < -0.39 is 5.41 Å². The predicted octanol–water partition coefficient (Wildman–Crippen LogP) is 1.80. The summed E-state index contributed by atoms with van der Waals surface area (Å²) < 4.78 is 0. The van der Waals surface area contributed by atoms with Gasteiger partial charge in [0.25, 0.3) is 0 Å². The van der Waals surface area contributed by atoms with Gasteiger partial charge in [0.15, 0.2) is 0 Å². The smallest absolute Gasteiger partial charge is 0.240 e. The number of benzene rings is 1. The Morgan fingerprint density at radius 2 is 2.10 bits per heavy atom. The van der Waals surface area contributed by atoms with Crippen LogP contribution >= 0.6 is 0 Å². The van der Waals surface area contributed by atoms with Crippen LogP contribution in [0.1, 0.15) is 31.7 Å². The predicted molar refractivity (Wildman–Crippen MR) is 74.8 cm³/mol. The second-order valence-electron chi connectivity index (χ2n) is 4.98. The highest BCUT2D eigenvalue weighted by atomic mass is 16.2. The van der Waals surface area contributed by atoms with Gasteiger partial charge in [0, 0.05) is 12.2 Å². The molecule has 0 saturated heterocycles. The third kappa shape index (κ3) is 2.80. The number of nitriles is 1. The van der Waals surface area contributed by atoms with Gasteiger partial charge in [-0.15, -0.1) is 0 Å². The largest absolute Gasteiger partial charge is 0.355 e. The summed E-state index contributed by atoms with van der Waals surface area (Å²) in [5.41, 5.74) is 0.101. The Morgan fingerprint density at radius 3 is 2.70 bits per heavy atom. The molecule has 1 aliphatic carbocycles. The molecular formula is C15H17N3O2. The van der Waals surface area contributed by atoms with E-state index in [4.69, 9.17) is 5.26 Å². The molecule has 2 amide bonds. The highest BCUT2D eigenvalue weighted by Crippen LogP contribution is 2.46. The van der Waals surface area contributed by atoms with E-state index >= 15 is 0 Å². The quantitative estimate of drug-likeness (QED) is 0.801. The monoisotopic (exact) mass is 271 g/mol. The van der Waals surface area contributed by atoms with E-state index in [0.29, 0.717) is 30.6 Å². The Kier molecular flexibility index (Phi) is 4.04. The van der Waals surface area contributed by atoms with Crippen LogP contribution in [0, 0.1) is 16.7 Å². The van der Waals surface area contributed by atoms with Gasteiger partial charge in [0.2, 0.25) is 11.8 Å². The van der Waals surface area contributed by atoms with E-state index in [2.05, 4.69) is 10.6 Å². The van der Waals surface area contributed by atoms with E-state index in [1.54, 1.807) is 24.3 Å². The number of nitrogens with one attached hydrogen (secondary N) is 2. The van der Waals surface area contributed by atoms with Crippen molar-refractivity contribution in [2.75, 3.05) is 11.9 Å². The normalized spacial score (nSPS) is 15.0. The van der Waals surface area contributed by atoms with Gasteiger partial charge in [-0.05, 0) is 37.5 Å². The molecule has 0 aliphatic heterocycles. The molecule has 5 nitrogen and oxygen atoms in total. The van der Waals surface area contributed by atoms with Gasteiger partial charge in [-0.1, -0.05) is 13.0 Å². The Labute approximate surface area is 118 Å². The average molecular weight is 271 g/mol. The zero-order valence-corrected chi connectivity index (χ0v) is 11.4. The Balaban J connectivity index is 2.04. The Hall–Kier alpha value is -2.35. The minimum absolute atomic E-state index is 0.201. The van der Waals surface area contributed by atoms with Crippen LogP contribution in [-0.2, 0) is 9.59 Å². The van der Waals surface area contributed by atoms with Crippen molar-refractivity contribution in [2.24, 2.45) is 5.41 Å². The first-order valence-corrected chi connectivity index (χ1v) is 6.72. The zero-order chi connectivity index (χ0) is 14.6. The maximum Gasteiger partial charge on any atom is 0.240 e. The van der Waals surface area contributed by atoms with Crippen molar-refractivity contribution in [1.29, 1.82) is 5.26 Å². The number of nitrogens with zero attached hydrogens (tertiary/aromatic N) is 1. The van der Waals surface area contributed by atoms with Gasteiger partial charge in [0.05, 0.1) is 11.6 Å². The van der Waals surface area contributed by atoms with Crippen LogP contribution in [-0.4, -0.2) is 18.4 Å². The summed E-state index contributed by atoms with van der Waals surface area (Å²) in [5.74, 6) is -0.491. The van der Waals surface area contributed by atoms with Gasteiger partial charge in [-0.2, -0.15) is 5.26 Å². The van der Waals surface area contributed by atoms with Crippen molar-refractivity contribution in [1.82, 2.24) is 5.32 Å². The molecule has 20 heavy (non-hydrogen) atoms. The van der Waals surface area contributed by atoms with Gasteiger partial charge in [-0.25, -0.2) is 0 Å². The fraction of sp³-hybridized carbons (Fsp3) is 0.400. The van der Waals surface area contributed by atoms with Gasteiger partial charge in [-0.3, -0.25) is 9.59 Å². The molecular weight excluding hydrogens is 254 g/mol. The van der Waals surface area contributed by atoms with Gasteiger partial charge in [0.1, 0.15) is 5.41 Å². The van der Waals surface area contributed by atoms with Crippen LogP contribution in [0.4, 0.5) is 5.69 Å². The first-order valence-electron chi connectivity index (χ1n) is 6.72. The number of carbonyl (C=O) groups excluding carboxylic acids is 2. The molecule has 2 rings (SSSR count). The minimum atomic E-state index is -0.919. The van der Waals surface area contributed by atoms with Crippen LogP contribution in [0.3, 0.4) is 0 Å². The second kappa shape index (κ2) is 5.74. The molecule has 1 aromatic carbocycles. The molecule has 1 saturated carbocycles. The number of anilines is 1. The van der Waals surface area contributed by atoms with E-state index in [1.807, 2.05) is 13.0 Å². The first-order chi connectivity index (χ1) is 9.62. The minimum Gasteiger partial charge on any atom is -0.355 e. The molecule has 1 aliphatic rings. The lowest BCUT2D eigenvalue weighted by atomic mass is 10.0. The Bertz CT molecular complexity index is 571. The van der Waals surface area contributed by atoms with E-state index in [9.17, 15) is 9.59 Å². The van der Waals surface area contributed by atoms with E-state index in [0.717, 1.165) is 6.42 Å². The van der Waals surface area contributed by atoms with Crippen molar-refractivity contribution in [3.8, 4) is 6.07 Å². The third-order valence-corrected chi connectivity index (χ3v) is 3.40. The summed E-state index contributed by atoms with van der Waals surface area (Å²) in [6.45, 7) is 2.55. The first kappa shape index (κ1) is 14.1. The number of carbonyl (C=O) groups is 2. The number of amides is 2. The molecule has 0 atom stereocenters. The molecule has 1 fully saturated rings. The molecule has 0 bridgehead atoms. The van der Waals surface area contributed by atoms with Crippen molar-refractivity contribution in [3.05, 3.63) is 29.8 Å². The summed E-state index contributed by atoms with van der Waals surface area (Å²) in [5, 5.41) is 14.3. The van der Waals surface area contributed by atoms with Gasteiger partial charge < -0.3 is 10.6 Å². The van der Waals surface area contributed by atoms with Gasteiger partial charge >= 0.3 is 0 Å². The standard InChI is InChI=1S/C15H17N3O2/c1-2-8-17-13(19)15(6-7-15)14(20)18-12-5-3-4-11(9-12)10-16/h3-5,9H,2,6-8H2,1H3,(H,17,19)(H,18,20). The maximum absolute atomic E-state index is 12.2. The van der Waals surface area contributed by atoms with Crippen molar-refractivity contribution < 1.29 is 9.59 Å². The molecule has 2 N–H and O–H groups in total. The third-order valence-electron chi connectivity index (χ3n) is 3.40. The second-order valence-corrected chi connectivity index (χ2v) is 4.98. The molecule has 5 heteroatoms. The number of hydrogen-bond acceptors (Lipinski definition) is 3. The Morgan fingerprint density at radius 1 is 1.35 bits per heavy atom. The van der Waals surface area contributed by atoms with Crippen LogP contribution in [0.5, 0.6) is 0 Å². The molecule has 104 valence electrons. The summed E-state index contributed by atoms with van der Waals surface area (Å²) in [6.07, 6.45) is 1.99. The van der Waals surface area contributed by atoms with Crippen LogP contribution < -0.4 is 10.6 Å². The lowest BCUT2D eigenvalue weighted by Gasteiger charge is -2.15. The van der Waals surface area contributed by atoms with Crippen molar-refractivity contribution in [3.63, 3.8) is 0 Å². The van der Waals surface area contributed by atoms with Crippen LogP contribution in [0.2, 0.25) is 0 Å². The lowest BCUT2D eigenvalue weighted by molar-refractivity contribution is -0.134. The summed E-state index contributed by atoms with van der Waals surface area (Å²) >= 11 is 0. The van der Waals surface area contributed by atoms with Crippen LogP contribution in [0.15, 0.2) is 24.3 Å².